The second kappa shape index (κ2) is 9.89. The average molecular weight is 449 g/mol. The molecule has 174 valence electrons. The lowest BCUT2D eigenvalue weighted by Crippen LogP contribution is -2.26. The molecule has 8 heteroatoms. The molecule has 2 aliphatic heterocycles. The number of hydrogen-bond donors (Lipinski definition) is 1. The van der Waals surface area contributed by atoms with Crippen LogP contribution in [0.2, 0.25) is 0 Å². The van der Waals surface area contributed by atoms with E-state index in [9.17, 15) is 5.11 Å². The van der Waals surface area contributed by atoms with E-state index in [0.29, 0.717) is 6.54 Å². The molecule has 2 aliphatic rings. The minimum Gasteiger partial charge on any atom is -0.497 e. The van der Waals surface area contributed by atoms with E-state index >= 15 is 0 Å². The first-order valence-corrected chi connectivity index (χ1v) is 11.9. The predicted molar refractivity (Wildman–Crippen MR) is 127 cm³/mol. The summed E-state index contributed by atoms with van der Waals surface area (Å²) in [5.74, 6) is 1.68. The van der Waals surface area contributed by atoms with Crippen molar-refractivity contribution in [2.24, 2.45) is 0 Å². The number of aromatic nitrogens is 4. The third kappa shape index (κ3) is 4.58. The Kier molecular flexibility index (Phi) is 6.55. The maximum absolute atomic E-state index is 9.69. The zero-order valence-corrected chi connectivity index (χ0v) is 19.2. The van der Waals surface area contributed by atoms with Gasteiger partial charge in [0, 0.05) is 31.4 Å². The Balaban J connectivity index is 1.48. The second-order valence-electron chi connectivity index (χ2n) is 8.81. The van der Waals surface area contributed by atoms with Crippen LogP contribution in [0.25, 0.3) is 11.3 Å². The van der Waals surface area contributed by atoms with Gasteiger partial charge in [0.15, 0.2) is 0 Å². The Bertz CT molecular complexity index is 1080. The number of aliphatic hydroxyl groups excluding tert-OH is 1. The monoisotopic (exact) mass is 448 g/mol. The fourth-order valence-corrected chi connectivity index (χ4v) is 5.11. The Hall–Kier alpha value is -2.97. The second-order valence-corrected chi connectivity index (χ2v) is 8.81. The molecular formula is C25H32N6O2. The molecule has 0 spiro atoms. The van der Waals surface area contributed by atoms with Crippen molar-refractivity contribution < 1.29 is 9.84 Å². The maximum Gasteiger partial charge on any atom is 0.225 e. The molecule has 0 saturated carbocycles. The first kappa shape index (κ1) is 21.9. The Morgan fingerprint density at radius 2 is 2.00 bits per heavy atom. The van der Waals surface area contributed by atoms with E-state index in [1.807, 2.05) is 35.3 Å². The van der Waals surface area contributed by atoms with Crippen molar-refractivity contribution in [3.63, 3.8) is 0 Å². The van der Waals surface area contributed by atoms with Gasteiger partial charge in [0.1, 0.15) is 5.75 Å². The van der Waals surface area contributed by atoms with Gasteiger partial charge in [-0.2, -0.15) is 5.10 Å². The lowest BCUT2D eigenvalue weighted by molar-refractivity contribution is 0.226. The summed E-state index contributed by atoms with van der Waals surface area (Å²) in [6.07, 6.45) is 8.32. The van der Waals surface area contributed by atoms with E-state index in [1.165, 1.54) is 18.4 Å². The van der Waals surface area contributed by atoms with Crippen LogP contribution in [0.1, 0.15) is 43.0 Å². The van der Waals surface area contributed by atoms with Crippen molar-refractivity contribution >= 4 is 5.95 Å². The number of benzene rings is 1. The summed E-state index contributed by atoms with van der Waals surface area (Å²) in [6.45, 7) is 4.42. The molecule has 1 N–H and O–H groups in total. The molecule has 8 nitrogen and oxygen atoms in total. The van der Waals surface area contributed by atoms with Gasteiger partial charge >= 0.3 is 0 Å². The normalized spacial score (nSPS) is 18.8. The van der Waals surface area contributed by atoms with Crippen molar-refractivity contribution in [3.05, 3.63) is 54.0 Å². The molecule has 1 aromatic carbocycles. The third-order valence-electron chi connectivity index (χ3n) is 6.70. The van der Waals surface area contributed by atoms with Crippen LogP contribution in [-0.4, -0.2) is 63.1 Å². The standard InChI is InChI=1S/C25H32N6O2/c1-33-20-7-4-6-19(16-20)18-30-13-5-8-23(30)24-21(17-27-31(24)14-15-32)22-9-10-26-25(28-22)29-11-2-3-12-29/h4,6-7,9-10,16-17,23,32H,2-3,5,8,11-15,18H2,1H3. The highest BCUT2D eigenvalue weighted by Gasteiger charge is 2.32. The van der Waals surface area contributed by atoms with Crippen LogP contribution in [-0.2, 0) is 13.1 Å². The number of nitrogens with zero attached hydrogens (tertiary/aromatic N) is 6. The summed E-state index contributed by atoms with van der Waals surface area (Å²) >= 11 is 0. The molecule has 3 aromatic rings. The van der Waals surface area contributed by atoms with Gasteiger partial charge in [-0.15, -0.1) is 0 Å². The Labute approximate surface area is 194 Å². The number of rotatable bonds is 8. The van der Waals surface area contributed by atoms with E-state index in [4.69, 9.17) is 9.72 Å². The van der Waals surface area contributed by atoms with E-state index in [1.54, 1.807) is 7.11 Å². The summed E-state index contributed by atoms with van der Waals surface area (Å²) < 4.78 is 7.38. The molecule has 0 radical (unpaired) electrons. The van der Waals surface area contributed by atoms with Gasteiger partial charge in [-0.05, 0) is 56.0 Å². The topological polar surface area (TPSA) is 79.5 Å². The van der Waals surface area contributed by atoms with Gasteiger partial charge in [0.05, 0.1) is 43.9 Å². The number of anilines is 1. The molecule has 2 aromatic heterocycles. The number of aliphatic hydroxyl groups is 1. The van der Waals surface area contributed by atoms with Gasteiger partial charge < -0.3 is 14.7 Å². The van der Waals surface area contributed by atoms with Crippen molar-refractivity contribution in [1.82, 2.24) is 24.6 Å². The highest BCUT2D eigenvalue weighted by Crippen LogP contribution is 2.38. The zero-order valence-electron chi connectivity index (χ0n) is 19.2. The van der Waals surface area contributed by atoms with Crippen molar-refractivity contribution in [3.8, 4) is 17.0 Å². The molecule has 2 saturated heterocycles. The molecule has 1 unspecified atom stereocenters. The lowest BCUT2D eigenvalue weighted by Gasteiger charge is -2.26. The number of ether oxygens (including phenoxy) is 1. The summed E-state index contributed by atoms with van der Waals surface area (Å²) in [5, 5.41) is 14.4. The molecule has 1 atom stereocenters. The molecular weight excluding hydrogens is 416 g/mol. The van der Waals surface area contributed by atoms with Crippen molar-refractivity contribution in [2.75, 3.05) is 38.3 Å². The molecule has 4 heterocycles. The van der Waals surface area contributed by atoms with Crippen LogP contribution in [0.5, 0.6) is 5.75 Å². The maximum atomic E-state index is 9.69. The van der Waals surface area contributed by atoms with Crippen LogP contribution < -0.4 is 9.64 Å². The van der Waals surface area contributed by atoms with Crippen molar-refractivity contribution in [1.29, 1.82) is 0 Å². The zero-order chi connectivity index (χ0) is 22.6. The summed E-state index contributed by atoms with van der Waals surface area (Å²) in [7, 11) is 1.70. The fraction of sp³-hybridized carbons (Fsp3) is 0.480. The molecule has 0 amide bonds. The molecule has 0 aliphatic carbocycles. The molecule has 5 rings (SSSR count). The summed E-state index contributed by atoms with van der Waals surface area (Å²) in [6, 6.07) is 10.5. The average Bonchev–Trinajstić information content (AvgIpc) is 3.61. The van der Waals surface area contributed by atoms with Crippen LogP contribution in [0.3, 0.4) is 0 Å². The predicted octanol–water partition coefficient (Wildman–Crippen LogP) is 3.28. The summed E-state index contributed by atoms with van der Waals surface area (Å²) in [4.78, 5) is 14.2. The highest BCUT2D eigenvalue weighted by molar-refractivity contribution is 5.63. The van der Waals surface area contributed by atoms with Gasteiger partial charge in [-0.1, -0.05) is 12.1 Å². The largest absolute Gasteiger partial charge is 0.497 e. The van der Waals surface area contributed by atoms with E-state index in [0.717, 1.165) is 67.7 Å². The van der Waals surface area contributed by atoms with Crippen LogP contribution in [0, 0.1) is 0 Å². The molecule has 0 bridgehead atoms. The van der Waals surface area contributed by atoms with Gasteiger partial charge in [0.2, 0.25) is 5.95 Å². The lowest BCUT2D eigenvalue weighted by atomic mass is 10.0. The van der Waals surface area contributed by atoms with E-state index in [-0.39, 0.29) is 12.6 Å². The molecule has 33 heavy (non-hydrogen) atoms. The minimum absolute atomic E-state index is 0.0551. The van der Waals surface area contributed by atoms with Gasteiger partial charge in [0.25, 0.3) is 0 Å². The Morgan fingerprint density at radius 3 is 2.82 bits per heavy atom. The molecule has 2 fully saturated rings. The SMILES string of the molecule is COc1cccc(CN2CCCC2c2c(-c3ccnc(N4CCCC4)n3)cnn2CCO)c1. The number of hydrogen-bond acceptors (Lipinski definition) is 7. The smallest absolute Gasteiger partial charge is 0.225 e. The summed E-state index contributed by atoms with van der Waals surface area (Å²) in [5.41, 5.74) is 4.30. The van der Waals surface area contributed by atoms with Crippen LogP contribution in [0.15, 0.2) is 42.7 Å². The van der Waals surface area contributed by atoms with Crippen LogP contribution >= 0.6 is 0 Å². The quantitative estimate of drug-likeness (QED) is 0.566. The van der Waals surface area contributed by atoms with E-state index in [2.05, 4.69) is 32.0 Å². The van der Waals surface area contributed by atoms with E-state index < -0.39 is 0 Å². The highest BCUT2D eigenvalue weighted by atomic mass is 16.5. The minimum atomic E-state index is 0.0551. The number of methoxy groups -OCH3 is 1. The first-order chi connectivity index (χ1) is 16.3. The fourth-order valence-electron chi connectivity index (χ4n) is 5.11. The van der Waals surface area contributed by atoms with Crippen LogP contribution in [0.4, 0.5) is 5.95 Å². The third-order valence-corrected chi connectivity index (χ3v) is 6.70. The number of likely N-dealkylation sites (tertiary alicyclic amines) is 1. The van der Waals surface area contributed by atoms with Crippen molar-refractivity contribution in [2.45, 2.75) is 44.8 Å². The van der Waals surface area contributed by atoms with Gasteiger partial charge in [-0.25, -0.2) is 9.97 Å². The Morgan fingerprint density at radius 1 is 1.12 bits per heavy atom. The van der Waals surface area contributed by atoms with Gasteiger partial charge in [-0.3, -0.25) is 9.58 Å². The first-order valence-electron chi connectivity index (χ1n) is 11.9.